The largest absolute Gasteiger partial charge is 0.444 e. The number of rotatable bonds is 4. The van der Waals surface area contributed by atoms with Gasteiger partial charge in [0.1, 0.15) is 5.60 Å². The van der Waals surface area contributed by atoms with Gasteiger partial charge in [0, 0.05) is 31.7 Å². The second-order valence-corrected chi connectivity index (χ2v) is 7.17. The highest BCUT2D eigenvalue weighted by Gasteiger charge is 2.40. The minimum absolute atomic E-state index is 0.258. The quantitative estimate of drug-likeness (QED) is 0.811. The minimum Gasteiger partial charge on any atom is -0.444 e. The second kappa shape index (κ2) is 6.77. The number of aliphatic imine (C=N–C) groups is 1. The number of carbonyl (C=O) groups excluding carboxylic acids is 1. The van der Waals surface area contributed by atoms with Crippen molar-refractivity contribution in [1.29, 1.82) is 0 Å². The van der Waals surface area contributed by atoms with Gasteiger partial charge in [-0.05, 0) is 59.1 Å². The molecule has 0 saturated carbocycles. The van der Waals surface area contributed by atoms with E-state index in [0.29, 0.717) is 12.1 Å². The van der Waals surface area contributed by atoms with E-state index < -0.39 is 5.60 Å². The fourth-order valence-corrected chi connectivity index (χ4v) is 3.57. The Labute approximate surface area is 128 Å². The van der Waals surface area contributed by atoms with Gasteiger partial charge >= 0.3 is 6.09 Å². The lowest BCUT2D eigenvalue weighted by molar-refractivity contribution is 0.0445. The van der Waals surface area contributed by atoms with E-state index in [9.17, 15) is 4.79 Å². The van der Waals surface area contributed by atoms with Crippen molar-refractivity contribution >= 4 is 12.3 Å². The molecule has 1 unspecified atom stereocenters. The number of hydrogen-bond donors (Lipinski definition) is 1. The summed E-state index contributed by atoms with van der Waals surface area (Å²) in [5, 5.41) is 3.05. The Hall–Kier alpha value is -1.10. The maximum Gasteiger partial charge on any atom is 0.407 e. The molecular formula is C16H29N3O2. The summed E-state index contributed by atoms with van der Waals surface area (Å²) in [6.07, 6.45) is 7.32. The van der Waals surface area contributed by atoms with E-state index in [4.69, 9.17) is 4.74 Å². The van der Waals surface area contributed by atoms with Crippen LogP contribution in [0.1, 0.15) is 52.9 Å². The van der Waals surface area contributed by atoms with Crippen molar-refractivity contribution in [3.05, 3.63) is 0 Å². The van der Waals surface area contributed by atoms with Crippen LogP contribution in [0.15, 0.2) is 4.99 Å². The molecule has 1 N–H and O–H groups in total. The molecule has 21 heavy (non-hydrogen) atoms. The van der Waals surface area contributed by atoms with Crippen molar-refractivity contribution in [1.82, 2.24) is 10.2 Å². The van der Waals surface area contributed by atoms with Crippen molar-refractivity contribution in [3.8, 4) is 0 Å². The van der Waals surface area contributed by atoms with E-state index in [2.05, 4.69) is 15.2 Å². The third-order valence-electron chi connectivity index (χ3n) is 4.30. The maximum atomic E-state index is 11.9. The summed E-state index contributed by atoms with van der Waals surface area (Å²) in [6.45, 7) is 6.78. The lowest BCUT2D eigenvalue weighted by atomic mass is 9.97. The molecule has 2 saturated heterocycles. The summed E-state index contributed by atoms with van der Waals surface area (Å²) in [4.78, 5) is 18.5. The molecule has 2 heterocycles. The Balaban J connectivity index is 1.82. The van der Waals surface area contributed by atoms with Gasteiger partial charge < -0.3 is 15.0 Å². The van der Waals surface area contributed by atoms with Crippen LogP contribution >= 0.6 is 0 Å². The molecule has 0 aromatic heterocycles. The SMILES string of the molecule is CN=CCCN1[C@@H]2CC[C@H]1CC(NC(=O)OC(C)(C)C)C2. The normalized spacial score (nSPS) is 29.8. The lowest BCUT2D eigenvalue weighted by Gasteiger charge is -2.39. The summed E-state index contributed by atoms with van der Waals surface area (Å²) >= 11 is 0. The highest BCUT2D eigenvalue weighted by molar-refractivity contribution is 5.68. The van der Waals surface area contributed by atoms with Crippen LogP contribution in [0.4, 0.5) is 4.79 Å². The fourth-order valence-electron chi connectivity index (χ4n) is 3.57. The summed E-state index contributed by atoms with van der Waals surface area (Å²) in [5.74, 6) is 0. The second-order valence-electron chi connectivity index (χ2n) is 7.17. The topological polar surface area (TPSA) is 53.9 Å². The van der Waals surface area contributed by atoms with Gasteiger partial charge in [-0.2, -0.15) is 0 Å². The van der Waals surface area contributed by atoms with Crippen molar-refractivity contribution in [2.45, 2.75) is 76.6 Å². The molecule has 3 atom stereocenters. The van der Waals surface area contributed by atoms with Gasteiger partial charge in [-0.15, -0.1) is 0 Å². The molecule has 2 fully saturated rings. The molecule has 0 aliphatic carbocycles. The summed E-state index contributed by atoms with van der Waals surface area (Å²) in [7, 11) is 1.82. The zero-order valence-electron chi connectivity index (χ0n) is 13.8. The monoisotopic (exact) mass is 295 g/mol. The predicted octanol–water partition coefficient (Wildman–Crippen LogP) is 2.60. The van der Waals surface area contributed by atoms with Crippen LogP contribution in [0.2, 0.25) is 0 Å². The number of alkyl carbamates (subject to hydrolysis) is 1. The molecule has 1 amide bonds. The zero-order chi connectivity index (χ0) is 15.5. The van der Waals surface area contributed by atoms with Gasteiger partial charge in [-0.25, -0.2) is 4.79 Å². The van der Waals surface area contributed by atoms with Crippen LogP contribution in [-0.4, -0.2) is 54.5 Å². The Bertz CT molecular complexity index is 375. The van der Waals surface area contributed by atoms with Gasteiger partial charge in [0.15, 0.2) is 0 Å². The van der Waals surface area contributed by atoms with Gasteiger partial charge in [-0.1, -0.05) is 0 Å². The number of nitrogens with zero attached hydrogens (tertiary/aromatic N) is 2. The lowest BCUT2D eigenvalue weighted by Crippen LogP contribution is -2.51. The highest BCUT2D eigenvalue weighted by atomic mass is 16.6. The van der Waals surface area contributed by atoms with Gasteiger partial charge in [-0.3, -0.25) is 4.90 Å². The van der Waals surface area contributed by atoms with E-state index in [1.54, 1.807) is 0 Å². The number of amides is 1. The van der Waals surface area contributed by atoms with Crippen LogP contribution in [0.25, 0.3) is 0 Å². The first kappa shape index (κ1) is 16.3. The van der Waals surface area contributed by atoms with E-state index in [1.165, 1.54) is 12.8 Å². The van der Waals surface area contributed by atoms with Gasteiger partial charge in [0.2, 0.25) is 0 Å². The van der Waals surface area contributed by atoms with E-state index in [1.807, 2.05) is 34.0 Å². The standard InChI is InChI=1S/C16H29N3O2/c1-16(2,3)21-15(20)18-12-10-13-6-7-14(11-12)19(13)9-5-8-17-4/h8,12-14H,5-7,9-11H2,1-4H3,(H,18,20)/t12?,13-,14+. The van der Waals surface area contributed by atoms with Gasteiger partial charge in [0.25, 0.3) is 0 Å². The number of piperidine rings is 1. The van der Waals surface area contributed by atoms with Crippen molar-refractivity contribution in [2.75, 3.05) is 13.6 Å². The number of ether oxygens (including phenoxy) is 1. The molecular weight excluding hydrogens is 266 g/mol. The van der Waals surface area contributed by atoms with Crippen LogP contribution in [0, 0.1) is 0 Å². The summed E-state index contributed by atoms with van der Waals surface area (Å²) in [6, 6.07) is 1.47. The molecule has 120 valence electrons. The summed E-state index contributed by atoms with van der Waals surface area (Å²) in [5.41, 5.74) is -0.427. The van der Waals surface area contributed by atoms with Crippen molar-refractivity contribution < 1.29 is 9.53 Å². The third kappa shape index (κ3) is 4.70. The molecule has 0 spiro atoms. The molecule has 0 aromatic carbocycles. The molecule has 5 nitrogen and oxygen atoms in total. The highest BCUT2D eigenvalue weighted by Crippen LogP contribution is 2.35. The van der Waals surface area contributed by atoms with Gasteiger partial charge in [0.05, 0.1) is 0 Å². The molecule has 2 aliphatic heterocycles. The maximum absolute atomic E-state index is 11.9. The molecule has 2 aliphatic rings. The fraction of sp³-hybridized carbons (Fsp3) is 0.875. The van der Waals surface area contributed by atoms with Crippen molar-refractivity contribution in [2.24, 2.45) is 4.99 Å². The van der Waals surface area contributed by atoms with E-state index in [-0.39, 0.29) is 12.1 Å². The first-order valence-corrected chi connectivity index (χ1v) is 8.05. The minimum atomic E-state index is -0.427. The molecule has 0 radical (unpaired) electrons. The first-order valence-electron chi connectivity index (χ1n) is 8.05. The molecule has 2 bridgehead atoms. The Morgan fingerprint density at radius 2 is 1.95 bits per heavy atom. The molecule has 0 aromatic rings. The van der Waals surface area contributed by atoms with Crippen LogP contribution in [0.3, 0.4) is 0 Å². The Kier molecular flexibility index (Phi) is 5.25. The third-order valence-corrected chi connectivity index (χ3v) is 4.30. The van der Waals surface area contributed by atoms with Crippen LogP contribution in [0.5, 0.6) is 0 Å². The number of nitrogens with one attached hydrogen (secondary N) is 1. The average molecular weight is 295 g/mol. The average Bonchev–Trinajstić information content (AvgIpc) is 2.59. The smallest absolute Gasteiger partial charge is 0.407 e. The van der Waals surface area contributed by atoms with Crippen molar-refractivity contribution in [3.63, 3.8) is 0 Å². The Morgan fingerprint density at radius 1 is 1.33 bits per heavy atom. The van der Waals surface area contributed by atoms with Crippen LogP contribution < -0.4 is 5.32 Å². The number of fused-ring (bicyclic) bond motifs is 2. The zero-order valence-corrected chi connectivity index (χ0v) is 13.8. The predicted molar refractivity (Wildman–Crippen MR) is 84.9 cm³/mol. The number of hydrogen-bond acceptors (Lipinski definition) is 4. The summed E-state index contributed by atoms with van der Waals surface area (Å²) < 4.78 is 5.36. The Morgan fingerprint density at radius 3 is 2.48 bits per heavy atom. The first-order chi connectivity index (χ1) is 9.89. The molecule has 5 heteroatoms. The van der Waals surface area contributed by atoms with E-state index in [0.717, 1.165) is 25.8 Å². The van der Waals surface area contributed by atoms with E-state index >= 15 is 0 Å². The number of carbonyl (C=O) groups is 1. The van der Waals surface area contributed by atoms with Crippen LogP contribution in [-0.2, 0) is 4.74 Å². The molecule has 2 rings (SSSR count).